The molecule has 64 valence electrons. The van der Waals surface area contributed by atoms with Crippen LogP contribution in [-0.2, 0) is 10.0 Å². The Morgan fingerprint density at radius 2 is 2.18 bits per heavy atom. The van der Waals surface area contributed by atoms with Gasteiger partial charge in [0.1, 0.15) is 5.01 Å². The summed E-state index contributed by atoms with van der Waals surface area (Å²) in [6, 6.07) is 0. The van der Waals surface area contributed by atoms with E-state index in [0.717, 1.165) is 11.3 Å². The lowest BCUT2D eigenvalue weighted by molar-refractivity contribution is 0.606. The molecular weight excluding hydrogens is 186 g/mol. The summed E-state index contributed by atoms with van der Waals surface area (Å²) in [4.78, 5) is 0. The standard InChI is InChI=1S/C4H7N3O2S2.H2/c1-3-5-6-4(10-3)7-11(2,8)9;/h1-2H3,(H,6,7);1H. The first kappa shape index (κ1) is 8.41. The molecule has 1 heterocycles. The van der Waals surface area contributed by atoms with Gasteiger partial charge < -0.3 is 0 Å². The molecule has 0 saturated carbocycles. The van der Waals surface area contributed by atoms with Crippen molar-refractivity contribution < 1.29 is 9.84 Å². The van der Waals surface area contributed by atoms with Crippen molar-refractivity contribution in [2.45, 2.75) is 6.92 Å². The zero-order chi connectivity index (χ0) is 8.48. The summed E-state index contributed by atoms with van der Waals surface area (Å²) >= 11 is 1.20. The minimum Gasteiger partial charge on any atom is -0.257 e. The van der Waals surface area contributed by atoms with Gasteiger partial charge in [0.25, 0.3) is 0 Å². The number of anilines is 1. The van der Waals surface area contributed by atoms with Gasteiger partial charge in [-0.25, -0.2) is 8.42 Å². The Balaban J connectivity index is 0.00000121. The van der Waals surface area contributed by atoms with Crippen LogP contribution >= 0.6 is 11.3 Å². The Morgan fingerprint density at radius 3 is 2.55 bits per heavy atom. The fourth-order valence-electron chi connectivity index (χ4n) is 0.496. The molecule has 0 aliphatic heterocycles. The largest absolute Gasteiger partial charge is 0.257 e. The van der Waals surface area contributed by atoms with Crippen LogP contribution in [0.1, 0.15) is 6.43 Å². The molecule has 1 aromatic rings. The molecule has 0 spiro atoms. The second-order valence-electron chi connectivity index (χ2n) is 2.00. The Labute approximate surface area is 70.0 Å². The third-order valence-corrected chi connectivity index (χ3v) is 2.25. The van der Waals surface area contributed by atoms with Crippen LogP contribution in [0.25, 0.3) is 0 Å². The van der Waals surface area contributed by atoms with Crippen molar-refractivity contribution in [2.75, 3.05) is 11.0 Å². The van der Waals surface area contributed by atoms with Crippen molar-refractivity contribution in [1.82, 2.24) is 10.2 Å². The highest BCUT2D eigenvalue weighted by Gasteiger charge is 2.05. The number of aryl methyl sites for hydroxylation is 1. The molecule has 5 nitrogen and oxygen atoms in total. The number of aromatic nitrogens is 2. The average Bonchev–Trinajstić information content (AvgIpc) is 2.10. The minimum atomic E-state index is -3.21. The van der Waals surface area contributed by atoms with E-state index in [1.807, 2.05) is 0 Å². The number of nitrogens with one attached hydrogen (secondary N) is 1. The van der Waals surface area contributed by atoms with Gasteiger partial charge in [-0.3, -0.25) is 4.72 Å². The molecule has 7 heteroatoms. The van der Waals surface area contributed by atoms with Crippen LogP contribution in [0.3, 0.4) is 0 Å². The van der Waals surface area contributed by atoms with Crippen LogP contribution in [0.4, 0.5) is 5.13 Å². The third-order valence-electron chi connectivity index (χ3n) is 0.799. The molecule has 1 aromatic heterocycles. The number of sulfonamides is 1. The van der Waals surface area contributed by atoms with Gasteiger partial charge in [-0.1, -0.05) is 11.3 Å². The molecule has 1 N–H and O–H groups in total. The number of hydrogen-bond donors (Lipinski definition) is 1. The van der Waals surface area contributed by atoms with Crippen LogP contribution in [0.2, 0.25) is 0 Å². The van der Waals surface area contributed by atoms with E-state index in [2.05, 4.69) is 14.9 Å². The van der Waals surface area contributed by atoms with Gasteiger partial charge >= 0.3 is 0 Å². The molecule has 0 saturated heterocycles. The number of hydrogen-bond acceptors (Lipinski definition) is 5. The van der Waals surface area contributed by atoms with Crippen LogP contribution in [-0.4, -0.2) is 24.9 Å². The van der Waals surface area contributed by atoms with Crippen molar-refractivity contribution in [1.29, 1.82) is 0 Å². The van der Waals surface area contributed by atoms with Gasteiger partial charge in [-0.2, -0.15) is 0 Å². The smallest absolute Gasteiger partial charge is 0.231 e. The summed E-state index contributed by atoms with van der Waals surface area (Å²) in [5, 5.41) is 8.26. The maximum Gasteiger partial charge on any atom is 0.231 e. The summed E-state index contributed by atoms with van der Waals surface area (Å²) < 4.78 is 23.5. The highest BCUT2D eigenvalue weighted by atomic mass is 32.2. The predicted molar refractivity (Wildman–Crippen MR) is 45.2 cm³/mol. The lowest BCUT2D eigenvalue weighted by Crippen LogP contribution is -2.08. The van der Waals surface area contributed by atoms with Crippen LogP contribution < -0.4 is 4.72 Å². The fourth-order valence-corrected chi connectivity index (χ4v) is 1.92. The van der Waals surface area contributed by atoms with Crippen molar-refractivity contribution in [2.24, 2.45) is 0 Å². The molecule has 0 aromatic carbocycles. The molecule has 0 bridgehead atoms. The zero-order valence-corrected chi connectivity index (χ0v) is 7.66. The van der Waals surface area contributed by atoms with Gasteiger partial charge in [-0.15, -0.1) is 10.2 Å². The van der Waals surface area contributed by atoms with Gasteiger partial charge in [0.05, 0.1) is 6.26 Å². The second kappa shape index (κ2) is 2.74. The number of nitrogens with zero attached hydrogens (tertiary/aromatic N) is 2. The SMILES string of the molecule is Cc1nnc(NS(C)(=O)=O)s1.[HH]. The van der Waals surface area contributed by atoms with Crippen LogP contribution in [0.15, 0.2) is 0 Å². The highest BCUT2D eigenvalue weighted by Crippen LogP contribution is 2.14. The second-order valence-corrected chi connectivity index (χ2v) is 4.93. The van der Waals surface area contributed by atoms with Crippen molar-refractivity contribution in [3.8, 4) is 0 Å². The maximum absolute atomic E-state index is 10.6. The van der Waals surface area contributed by atoms with Crippen molar-refractivity contribution in [3.63, 3.8) is 0 Å². The summed E-state index contributed by atoms with van der Waals surface area (Å²) in [6.07, 6.45) is 1.07. The molecule has 1 rings (SSSR count). The number of rotatable bonds is 2. The monoisotopic (exact) mass is 195 g/mol. The minimum absolute atomic E-state index is 0. The van der Waals surface area contributed by atoms with Crippen LogP contribution in [0, 0.1) is 6.92 Å². The normalized spacial score (nSPS) is 11.5. The third kappa shape index (κ3) is 2.81. The summed E-state index contributed by atoms with van der Waals surface area (Å²) in [6.45, 7) is 1.76. The lowest BCUT2D eigenvalue weighted by atomic mass is 10.9. The van der Waals surface area contributed by atoms with E-state index >= 15 is 0 Å². The molecule has 11 heavy (non-hydrogen) atoms. The Bertz CT molecular complexity index is 347. The molecule has 0 aliphatic rings. The maximum atomic E-state index is 10.6. The Hall–Kier alpha value is -0.690. The van der Waals surface area contributed by atoms with Crippen molar-refractivity contribution in [3.05, 3.63) is 5.01 Å². The molecule has 0 radical (unpaired) electrons. The van der Waals surface area contributed by atoms with E-state index < -0.39 is 10.0 Å². The molecule has 0 amide bonds. The Morgan fingerprint density at radius 1 is 1.55 bits per heavy atom. The molecule has 0 unspecified atom stereocenters. The molecule has 0 aliphatic carbocycles. The predicted octanol–water partition coefficient (Wildman–Crippen LogP) is 0.464. The van der Waals surface area contributed by atoms with Crippen LogP contribution in [0.5, 0.6) is 0 Å². The quantitative estimate of drug-likeness (QED) is 0.744. The summed E-state index contributed by atoms with van der Waals surface area (Å²) in [7, 11) is -3.21. The van der Waals surface area contributed by atoms with E-state index in [0.29, 0.717) is 5.13 Å². The van der Waals surface area contributed by atoms with Crippen molar-refractivity contribution >= 4 is 26.5 Å². The van der Waals surface area contributed by atoms with Gasteiger partial charge in [0, 0.05) is 1.43 Å². The first-order valence-electron chi connectivity index (χ1n) is 2.75. The average molecular weight is 195 g/mol. The topological polar surface area (TPSA) is 72.0 Å². The van der Waals surface area contributed by atoms with Gasteiger partial charge in [-0.05, 0) is 6.92 Å². The zero-order valence-electron chi connectivity index (χ0n) is 6.03. The molecular formula is C4H9N3O2S2. The molecule has 0 atom stereocenters. The van der Waals surface area contributed by atoms with E-state index in [1.54, 1.807) is 6.92 Å². The van der Waals surface area contributed by atoms with E-state index in [-0.39, 0.29) is 1.43 Å². The fraction of sp³-hybridized carbons (Fsp3) is 0.500. The van der Waals surface area contributed by atoms with E-state index in [1.165, 1.54) is 11.3 Å². The first-order chi connectivity index (χ1) is 4.97. The van der Waals surface area contributed by atoms with Gasteiger partial charge in [0.2, 0.25) is 15.2 Å². The van der Waals surface area contributed by atoms with E-state index in [4.69, 9.17) is 0 Å². The molecule has 0 fully saturated rings. The highest BCUT2D eigenvalue weighted by molar-refractivity contribution is 7.92. The Kier molecular flexibility index (Phi) is 2.10. The first-order valence-corrected chi connectivity index (χ1v) is 5.46. The lowest BCUT2D eigenvalue weighted by Gasteiger charge is -1.94. The summed E-state index contributed by atoms with van der Waals surface area (Å²) in [5.41, 5.74) is 0. The van der Waals surface area contributed by atoms with E-state index in [9.17, 15) is 8.42 Å². The van der Waals surface area contributed by atoms with Gasteiger partial charge in [0.15, 0.2) is 0 Å². The summed E-state index contributed by atoms with van der Waals surface area (Å²) in [5.74, 6) is 0.